The van der Waals surface area contributed by atoms with Crippen LogP contribution in [0, 0.1) is 5.92 Å². The lowest BCUT2D eigenvalue weighted by Crippen LogP contribution is -2.34. The lowest BCUT2D eigenvalue weighted by Gasteiger charge is -2.22. The standard InChI is InChI=1S/C11H19NO4/c1-11(2,3)16-10(15)5-7-4-9(14)12-8(7)6-13/h7-8,13H,4-6H2,1-3H3,(H,12,14)/t7-,8-/m1/s1. The van der Waals surface area contributed by atoms with Crippen LogP contribution in [0.3, 0.4) is 0 Å². The summed E-state index contributed by atoms with van der Waals surface area (Å²) >= 11 is 0. The van der Waals surface area contributed by atoms with Crippen molar-refractivity contribution in [3.8, 4) is 0 Å². The molecule has 0 aliphatic carbocycles. The molecule has 0 spiro atoms. The van der Waals surface area contributed by atoms with E-state index in [4.69, 9.17) is 9.84 Å². The fourth-order valence-electron chi connectivity index (χ4n) is 1.77. The van der Waals surface area contributed by atoms with Crippen LogP contribution in [0.4, 0.5) is 0 Å². The van der Waals surface area contributed by atoms with Crippen LogP contribution in [-0.2, 0) is 14.3 Å². The Hall–Kier alpha value is -1.10. The van der Waals surface area contributed by atoms with Gasteiger partial charge in [-0.1, -0.05) is 0 Å². The Morgan fingerprint density at radius 3 is 2.69 bits per heavy atom. The molecule has 16 heavy (non-hydrogen) atoms. The molecule has 1 heterocycles. The highest BCUT2D eigenvalue weighted by Crippen LogP contribution is 2.22. The molecule has 92 valence electrons. The number of carbonyl (C=O) groups is 2. The van der Waals surface area contributed by atoms with E-state index in [0.717, 1.165) is 0 Å². The molecule has 0 saturated carbocycles. The molecular formula is C11H19NO4. The smallest absolute Gasteiger partial charge is 0.306 e. The molecule has 1 saturated heterocycles. The predicted molar refractivity (Wildman–Crippen MR) is 57.6 cm³/mol. The summed E-state index contributed by atoms with van der Waals surface area (Å²) in [6.07, 6.45) is 0.450. The third-order valence-electron chi connectivity index (χ3n) is 2.41. The van der Waals surface area contributed by atoms with Crippen LogP contribution in [0.5, 0.6) is 0 Å². The molecule has 0 aromatic heterocycles. The molecular weight excluding hydrogens is 210 g/mol. The van der Waals surface area contributed by atoms with E-state index in [1.54, 1.807) is 20.8 Å². The van der Waals surface area contributed by atoms with Crippen molar-refractivity contribution in [2.24, 2.45) is 5.92 Å². The number of carbonyl (C=O) groups excluding carboxylic acids is 2. The molecule has 2 N–H and O–H groups in total. The van der Waals surface area contributed by atoms with Crippen molar-refractivity contribution in [3.05, 3.63) is 0 Å². The SMILES string of the molecule is CC(C)(C)OC(=O)C[C@H]1CC(=O)N[C@@H]1CO. The zero-order valence-electron chi connectivity index (χ0n) is 9.95. The second-order valence-corrected chi connectivity index (χ2v) is 5.11. The second-order valence-electron chi connectivity index (χ2n) is 5.11. The quantitative estimate of drug-likeness (QED) is 0.679. The summed E-state index contributed by atoms with van der Waals surface area (Å²) in [5, 5.41) is 11.7. The highest BCUT2D eigenvalue weighted by Gasteiger charge is 2.34. The molecule has 1 amide bonds. The van der Waals surface area contributed by atoms with Gasteiger partial charge in [-0.25, -0.2) is 0 Å². The molecule has 1 aliphatic heterocycles. The molecule has 0 unspecified atom stereocenters. The summed E-state index contributed by atoms with van der Waals surface area (Å²) in [5.41, 5.74) is -0.512. The predicted octanol–water partition coefficient (Wildman–Crippen LogP) is 0.215. The van der Waals surface area contributed by atoms with E-state index in [9.17, 15) is 9.59 Å². The molecule has 0 aromatic rings. The number of aliphatic hydroxyl groups is 1. The first-order valence-electron chi connectivity index (χ1n) is 5.44. The maximum atomic E-state index is 11.5. The fourth-order valence-corrected chi connectivity index (χ4v) is 1.77. The monoisotopic (exact) mass is 229 g/mol. The van der Waals surface area contributed by atoms with Crippen LogP contribution in [0.1, 0.15) is 33.6 Å². The first-order chi connectivity index (χ1) is 7.31. The zero-order valence-corrected chi connectivity index (χ0v) is 9.95. The Bertz CT molecular complexity index is 282. The third kappa shape index (κ3) is 3.81. The molecule has 0 bridgehead atoms. The van der Waals surface area contributed by atoms with Gasteiger partial charge in [-0.2, -0.15) is 0 Å². The minimum atomic E-state index is -0.512. The van der Waals surface area contributed by atoms with Gasteiger partial charge in [-0.05, 0) is 20.8 Å². The Balaban J connectivity index is 2.47. The van der Waals surface area contributed by atoms with Crippen LogP contribution in [-0.4, -0.2) is 35.2 Å². The van der Waals surface area contributed by atoms with Gasteiger partial charge in [0.05, 0.1) is 19.1 Å². The zero-order chi connectivity index (χ0) is 12.3. The van der Waals surface area contributed by atoms with Gasteiger partial charge in [-0.3, -0.25) is 9.59 Å². The molecule has 2 atom stereocenters. The summed E-state index contributed by atoms with van der Waals surface area (Å²) in [7, 11) is 0. The third-order valence-corrected chi connectivity index (χ3v) is 2.41. The van der Waals surface area contributed by atoms with Crippen molar-refractivity contribution in [2.75, 3.05) is 6.61 Å². The van der Waals surface area contributed by atoms with Crippen molar-refractivity contribution in [3.63, 3.8) is 0 Å². The van der Waals surface area contributed by atoms with Crippen LogP contribution < -0.4 is 5.32 Å². The first kappa shape index (κ1) is 13.0. The van der Waals surface area contributed by atoms with Gasteiger partial charge in [0, 0.05) is 12.3 Å². The van der Waals surface area contributed by atoms with Gasteiger partial charge in [0.2, 0.25) is 5.91 Å². The van der Waals surface area contributed by atoms with Gasteiger partial charge >= 0.3 is 5.97 Å². The highest BCUT2D eigenvalue weighted by atomic mass is 16.6. The van der Waals surface area contributed by atoms with Crippen molar-refractivity contribution < 1.29 is 19.4 Å². The molecule has 1 fully saturated rings. The maximum Gasteiger partial charge on any atom is 0.306 e. The van der Waals surface area contributed by atoms with Gasteiger partial charge in [0.25, 0.3) is 0 Å². The Morgan fingerprint density at radius 2 is 2.19 bits per heavy atom. The average Bonchev–Trinajstić information content (AvgIpc) is 2.42. The number of esters is 1. The summed E-state index contributed by atoms with van der Waals surface area (Å²) in [6.45, 7) is 5.25. The number of hydrogen-bond acceptors (Lipinski definition) is 4. The lowest BCUT2D eigenvalue weighted by molar-refractivity contribution is -0.156. The molecule has 1 rings (SSSR count). The summed E-state index contributed by atoms with van der Waals surface area (Å²) in [4.78, 5) is 22.7. The molecule has 0 radical (unpaired) electrons. The van der Waals surface area contributed by atoms with Crippen LogP contribution in [0.15, 0.2) is 0 Å². The van der Waals surface area contributed by atoms with Gasteiger partial charge in [0.1, 0.15) is 5.60 Å². The molecule has 1 aliphatic rings. The number of amides is 1. The number of nitrogens with one attached hydrogen (secondary N) is 1. The van der Waals surface area contributed by atoms with E-state index >= 15 is 0 Å². The van der Waals surface area contributed by atoms with Crippen molar-refractivity contribution in [2.45, 2.75) is 45.3 Å². The molecule has 0 aromatic carbocycles. The number of rotatable bonds is 3. The fraction of sp³-hybridized carbons (Fsp3) is 0.818. The van der Waals surface area contributed by atoms with Gasteiger partial charge in [-0.15, -0.1) is 0 Å². The van der Waals surface area contributed by atoms with E-state index in [1.165, 1.54) is 0 Å². The number of hydrogen-bond donors (Lipinski definition) is 2. The summed E-state index contributed by atoms with van der Waals surface area (Å²) < 4.78 is 5.17. The summed E-state index contributed by atoms with van der Waals surface area (Å²) in [6, 6.07) is -0.319. The molecule has 5 nitrogen and oxygen atoms in total. The topological polar surface area (TPSA) is 75.6 Å². The van der Waals surface area contributed by atoms with Crippen molar-refractivity contribution >= 4 is 11.9 Å². The number of ether oxygens (including phenoxy) is 1. The van der Waals surface area contributed by atoms with Crippen LogP contribution >= 0.6 is 0 Å². The summed E-state index contributed by atoms with van der Waals surface area (Å²) in [5.74, 6) is -0.604. The lowest BCUT2D eigenvalue weighted by atomic mass is 9.97. The second kappa shape index (κ2) is 4.82. The van der Waals surface area contributed by atoms with Crippen molar-refractivity contribution in [1.29, 1.82) is 0 Å². The van der Waals surface area contributed by atoms with Crippen molar-refractivity contribution in [1.82, 2.24) is 5.32 Å². The average molecular weight is 229 g/mol. The first-order valence-corrected chi connectivity index (χ1v) is 5.44. The van der Waals surface area contributed by atoms with E-state index in [1.807, 2.05) is 0 Å². The van der Waals surface area contributed by atoms with Gasteiger partial charge < -0.3 is 15.2 Å². The van der Waals surface area contributed by atoms with E-state index in [0.29, 0.717) is 0 Å². The van der Waals surface area contributed by atoms with E-state index in [2.05, 4.69) is 5.32 Å². The Kier molecular flexibility index (Phi) is 3.91. The largest absolute Gasteiger partial charge is 0.460 e. The van der Waals surface area contributed by atoms with Gasteiger partial charge in [0.15, 0.2) is 0 Å². The Labute approximate surface area is 95.2 Å². The minimum Gasteiger partial charge on any atom is -0.460 e. The van der Waals surface area contributed by atoms with E-state index < -0.39 is 5.60 Å². The van der Waals surface area contributed by atoms with Crippen LogP contribution in [0.25, 0.3) is 0 Å². The number of aliphatic hydroxyl groups excluding tert-OH is 1. The molecule has 5 heteroatoms. The normalized spacial score (nSPS) is 25.4. The van der Waals surface area contributed by atoms with Crippen LogP contribution in [0.2, 0.25) is 0 Å². The minimum absolute atomic E-state index is 0.118. The van der Waals surface area contributed by atoms with E-state index in [-0.39, 0.29) is 43.3 Å². The highest BCUT2D eigenvalue weighted by molar-refractivity contribution is 5.80. The maximum absolute atomic E-state index is 11.5. The Morgan fingerprint density at radius 1 is 1.56 bits per heavy atom.